The predicted molar refractivity (Wildman–Crippen MR) is 134 cm³/mol. The summed E-state index contributed by atoms with van der Waals surface area (Å²) in [6, 6.07) is 12.6. The molecule has 1 aliphatic rings. The number of anilines is 1. The second-order valence-corrected chi connectivity index (χ2v) is 8.61. The van der Waals surface area contributed by atoms with E-state index in [9.17, 15) is 9.59 Å². The van der Waals surface area contributed by atoms with Crippen LogP contribution < -0.4 is 25.4 Å². The molecular weight excluding hydrogens is 470 g/mol. The van der Waals surface area contributed by atoms with E-state index < -0.39 is 0 Å². The van der Waals surface area contributed by atoms with Gasteiger partial charge < -0.3 is 25.4 Å². The van der Waals surface area contributed by atoms with Gasteiger partial charge in [0.25, 0.3) is 5.91 Å². The number of nitrogens with zero attached hydrogens (tertiary/aromatic N) is 2. The molecule has 1 saturated heterocycles. The van der Waals surface area contributed by atoms with Crippen molar-refractivity contribution in [2.24, 2.45) is 7.05 Å². The van der Waals surface area contributed by atoms with Crippen LogP contribution in [0.3, 0.4) is 0 Å². The van der Waals surface area contributed by atoms with Gasteiger partial charge in [0.2, 0.25) is 5.91 Å². The Morgan fingerprint density at radius 1 is 1.29 bits per heavy atom. The maximum absolute atomic E-state index is 12.8. The molecule has 2 amide bonds. The number of aryl methyl sites for hydroxylation is 1. The van der Waals surface area contributed by atoms with E-state index in [0.717, 1.165) is 6.42 Å². The molecule has 4 rings (SSSR count). The Labute approximate surface area is 208 Å². The molecule has 0 aliphatic carbocycles. The van der Waals surface area contributed by atoms with Crippen molar-refractivity contribution < 1.29 is 19.1 Å². The van der Waals surface area contributed by atoms with E-state index in [4.69, 9.17) is 21.1 Å². The van der Waals surface area contributed by atoms with E-state index in [1.165, 1.54) is 0 Å². The molecule has 2 heterocycles. The summed E-state index contributed by atoms with van der Waals surface area (Å²) in [6.07, 6.45) is 2.91. The second kappa shape index (κ2) is 11.2. The zero-order valence-electron chi connectivity index (χ0n) is 19.6. The number of amides is 2. The molecule has 1 aromatic heterocycles. The smallest absolute Gasteiger partial charge is 0.255 e. The molecule has 3 aromatic rings. The first-order valence-electron chi connectivity index (χ1n) is 11.3. The molecule has 0 unspecified atom stereocenters. The average Bonchev–Trinajstić information content (AvgIpc) is 3.21. The van der Waals surface area contributed by atoms with Crippen LogP contribution in [-0.4, -0.2) is 54.4 Å². The number of ether oxygens (including phenoxy) is 2. The molecule has 10 heteroatoms. The van der Waals surface area contributed by atoms with Crippen molar-refractivity contribution in [2.45, 2.75) is 18.9 Å². The van der Waals surface area contributed by atoms with Gasteiger partial charge in [0.1, 0.15) is 18.1 Å². The summed E-state index contributed by atoms with van der Waals surface area (Å²) in [5, 5.41) is 13.9. The van der Waals surface area contributed by atoms with Crippen molar-refractivity contribution in [1.29, 1.82) is 0 Å². The van der Waals surface area contributed by atoms with Crippen LogP contribution >= 0.6 is 11.6 Å². The lowest BCUT2D eigenvalue weighted by Crippen LogP contribution is -2.46. The van der Waals surface area contributed by atoms with Gasteiger partial charge in [0, 0.05) is 49.4 Å². The number of methoxy groups -OCH3 is 1. The third-order valence-electron chi connectivity index (χ3n) is 5.78. The number of benzene rings is 2. The maximum atomic E-state index is 12.8. The van der Waals surface area contributed by atoms with Crippen LogP contribution in [0.1, 0.15) is 23.2 Å². The molecule has 1 aliphatic heterocycles. The van der Waals surface area contributed by atoms with Crippen LogP contribution in [0.4, 0.5) is 5.69 Å². The molecular formula is C25H28ClN5O4. The Kier molecular flexibility index (Phi) is 7.89. The summed E-state index contributed by atoms with van der Waals surface area (Å²) in [7, 11) is 3.35. The van der Waals surface area contributed by atoms with Gasteiger partial charge in [-0.05, 0) is 42.8 Å². The van der Waals surface area contributed by atoms with E-state index in [1.54, 1.807) is 61.4 Å². The number of hydrogen-bond donors (Lipinski definition) is 3. The fraction of sp³-hybridized carbons (Fsp3) is 0.320. The maximum Gasteiger partial charge on any atom is 0.255 e. The fourth-order valence-corrected chi connectivity index (χ4v) is 4.20. The van der Waals surface area contributed by atoms with Gasteiger partial charge in [-0.15, -0.1) is 0 Å². The molecule has 0 bridgehead atoms. The number of carbonyl (C=O) groups is 2. The minimum absolute atomic E-state index is 0.0931. The van der Waals surface area contributed by atoms with Crippen molar-refractivity contribution in [3.05, 3.63) is 59.2 Å². The van der Waals surface area contributed by atoms with E-state index in [2.05, 4.69) is 21.0 Å². The van der Waals surface area contributed by atoms with Crippen molar-refractivity contribution in [3.63, 3.8) is 0 Å². The summed E-state index contributed by atoms with van der Waals surface area (Å²) in [6.45, 7) is 1.66. The molecule has 1 fully saturated rings. The van der Waals surface area contributed by atoms with E-state index in [0.29, 0.717) is 65.1 Å². The number of rotatable bonds is 9. The fourth-order valence-electron chi connectivity index (χ4n) is 3.93. The molecule has 0 saturated carbocycles. The molecule has 0 spiro atoms. The van der Waals surface area contributed by atoms with Gasteiger partial charge in [0.15, 0.2) is 0 Å². The lowest BCUT2D eigenvalue weighted by Gasteiger charge is -2.23. The van der Waals surface area contributed by atoms with Gasteiger partial charge in [-0.2, -0.15) is 5.10 Å². The average molecular weight is 498 g/mol. The Morgan fingerprint density at radius 3 is 2.86 bits per heavy atom. The van der Waals surface area contributed by atoms with Gasteiger partial charge in [0.05, 0.1) is 24.0 Å². The summed E-state index contributed by atoms with van der Waals surface area (Å²) < 4.78 is 13.0. The highest BCUT2D eigenvalue weighted by Crippen LogP contribution is 2.36. The highest BCUT2D eigenvalue weighted by Gasteiger charge is 2.19. The number of carbonyl (C=O) groups excluding carboxylic acids is 2. The first kappa shape index (κ1) is 24.6. The normalized spacial score (nSPS) is 15.4. The molecule has 1 atom stereocenters. The number of piperidine rings is 1. The van der Waals surface area contributed by atoms with Crippen molar-refractivity contribution in [3.8, 4) is 22.8 Å². The van der Waals surface area contributed by atoms with Crippen molar-refractivity contribution >= 4 is 29.1 Å². The number of hydrogen-bond acceptors (Lipinski definition) is 6. The Morgan fingerprint density at radius 2 is 2.14 bits per heavy atom. The highest BCUT2D eigenvalue weighted by atomic mass is 35.5. The van der Waals surface area contributed by atoms with Crippen LogP contribution in [0, 0.1) is 0 Å². The summed E-state index contributed by atoms with van der Waals surface area (Å²) in [5.74, 6) is 1.06. The Balaban J connectivity index is 1.48. The zero-order valence-corrected chi connectivity index (χ0v) is 20.4. The minimum Gasteiger partial charge on any atom is -0.497 e. The topological polar surface area (TPSA) is 107 Å². The van der Waals surface area contributed by atoms with Gasteiger partial charge in [-0.3, -0.25) is 14.3 Å². The molecule has 2 aromatic carbocycles. The van der Waals surface area contributed by atoms with Gasteiger partial charge in [-0.25, -0.2) is 0 Å². The number of halogens is 1. The van der Waals surface area contributed by atoms with Crippen LogP contribution in [0.25, 0.3) is 11.3 Å². The SMILES string of the molecule is COc1cccc(C(=O)Nc2ccc(OCCN[C@H]3CCC(=O)NC3)c(-c3c(Cl)cnn3C)c2)c1. The van der Waals surface area contributed by atoms with Crippen LogP contribution in [0.15, 0.2) is 48.7 Å². The van der Waals surface area contributed by atoms with E-state index >= 15 is 0 Å². The van der Waals surface area contributed by atoms with E-state index in [1.807, 2.05) is 6.07 Å². The monoisotopic (exact) mass is 497 g/mol. The highest BCUT2D eigenvalue weighted by molar-refractivity contribution is 6.33. The third-order valence-corrected chi connectivity index (χ3v) is 6.05. The van der Waals surface area contributed by atoms with Crippen molar-refractivity contribution in [1.82, 2.24) is 20.4 Å². The van der Waals surface area contributed by atoms with Crippen LogP contribution in [0.2, 0.25) is 5.02 Å². The molecule has 3 N–H and O–H groups in total. The first-order chi connectivity index (χ1) is 16.9. The molecule has 9 nitrogen and oxygen atoms in total. The lowest BCUT2D eigenvalue weighted by molar-refractivity contribution is -0.122. The minimum atomic E-state index is -0.261. The molecule has 184 valence electrons. The first-order valence-corrected chi connectivity index (χ1v) is 11.7. The quantitative estimate of drug-likeness (QED) is 0.392. The summed E-state index contributed by atoms with van der Waals surface area (Å²) in [5.41, 5.74) is 2.47. The lowest BCUT2D eigenvalue weighted by atomic mass is 10.1. The van der Waals surface area contributed by atoms with Crippen molar-refractivity contribution in [2.75, 3.05) is 32.1 Å². The largest absolute Gasteiger partial charge is 0.497 e. The Hall–Kier alpha value is -3.56. The Bertz CT molecular complexity index is 1180. The van der Waals surface area contributed by atoms with Crippen LogP contribution in [0.5, 0.6) is 11.5 Å². The molecule has 0 radical (unpaired) electrons. The van der Waals surface area contributed by atoms with E-state index in [-0.39, 0.29) is 17.9 Å². The predicted octanol–water partition coefficient (Wildman–Crippen LogP) is 3.25. The number of aromatic nitrogens is 2. The van der Waals surface area contributed by atoms with Crippen LogP contribution in [-0.2, 0) is 11.8 Å². The zero-order chi connectivity index (χ0) is 24.8. The third kappa shape index (κ3) is 6.12. The standard InChI is InChI=1S/C25H28ClN5O4/c1-31-24(21(26)15-29-31)20-13-17(30-25(33)16-4-3-5-19(12-16)34-2)6-8-22(20)35-11-10-27-18-7-9-23(32)28-14-18/h3-6,8,12-13,15,18,27H,7,9-11,14H2,1-2H3,(H,28,32)(H,30,33)/t18-/m0/s1. The summed E-state index contributed by atoms with van der Waals surface area (Å²) in [4.78, 5) is 24.1. The summed E-state index contributed by atoms with van der Waals surface area (Å²) >= 11 is 6.43. The van der Waals surface area contributed by atoms with Gasteiger partial charge in [-0.1, -0.05) is 17.7 Å². The van der Waals surface area contributed by atoms with Gasteiger partial charge >= 0.3 is 0 Å². The molecule has 35 heavy (non-hydrogen) atoms. The number of nitrogens with one attached hydrogen (secondary N) is 3. The second-order valence-electron chi connectivity index (χ2n) is 8.20.